The predicted octanol–water partition coefficient (Wildman–Crippen LogP) is 12.9. The Morgan fingerprint density at radius 1 is 0.561 bits per heavy atom. The minimum atomic E-state index is -4.39. The summed E-state index contributed by atoms with van der Waals surface area (Å²) < 4.78 is 34.3. The molecule has 0 aromatic carbocycles. The topological polar surface area (TPSA) is 108 Å². The number of phosphoric acid groups is 1. The molecule has 0 aromatic heterocycles. The number of hydrogen-bond acceptors (Lipinski definition) is 7. The molecule has 57 heavy (non-hydrogen) atoms. The number of nitrogens with zero attached hydrogens (tertiary/aromatic N) is 1. The lowest BCUT2D eigenvalue weighted by atomic mass is 10.0. The molecule has 0 rings (SSSR count). The van der Waals surface area contributed by atoms with Crippen LogP contribution in [-0.4, -0.2) is 74.9 Å². The maximum absolute atomic E-state index is 12.7. The zero-order valence-corrected chi connectivity index (χ0v) is 38.0. The van der Waals surface area contributed by atoms with E-state index in [0.29, 0.717) is 23.9 Å². The van der Waals surface area contributed by atoms with Gasteiger partial charge in [-0.3, -0.25) is 18.6 Å². The lowest BCUT2D eigenvalue weighted by Crippen LogP contribution is -2.37. The monoisotopic (exact) mass is 823 g/mol. The molecule has 1 N–H and O–H groups in total. The van der Waals surface area contributed by atoms with Crippen LogP contribution in [0.1, 0.15) is 174 Å². The van der Waals surface area contributed by atoms with Gasteiger partial charge in [0.2, 0.25) is 0 Å². The van der Waals surface area contributed by atoms with Crippen LogP contribution in [0.2, 0.25) is 0 Å². The van der Waals surface area contributed by atoms with Gasteiger partial charge in [0.05, 0.1) is 27.7 Å². The van der Waals surface area contributed by atoms with E-state index in [1.807, 2.05) is 21.1 Å². The number of rotatable bonds is 40. The van der Waals surface area contributed by atoms with Crippen molar-refractivity contribution in [3.8, 4) is 0 Å². The van der Waals surface area contributed by atoms with Crippen LogP contribution < -0.4 is 0 Å². The number of quaternary nitrogens is 1. The first kappa shape index (κ1) is 54.7. The maximum atomic E-state index is 12.7. The minimum Gasteiger partial charge on any atom is -0.462 e. The summed E-state index contributed by atoms with van der Waals surface area (Å²) >= 11 is 0. The second-order valence-electron chi connectivity index (χ2n) is 16.1. The molecule has 10 heteroatoms. The number of hydrogen-bond donors (Lipinski definition) is 1. The second-order valence-corrected chi connectivity index (χ2v) is 17.5. The van der Waals surface area contributed by atoms with Gasteiger partial charge in [0.25, 0.3) is 0 Å². The number of phosphoric ester groups is 1. The smallest absolute Gasteiger partial charge is 0.462 e. The normalized spacial score (nSPS) is 14.1. The summed E-state index contributed by atoms with van der Waals surface area (Å²) in [4.78, 5) is 35.4. The molecule has 0 fully saturated rings. The standard InChI is InChI=1S/C47H84NO8P/c1-6-8-10-12-14-16-18-20-22-24-26-27-29-31-33-35-37-39-46(49)53-43-45(44-55-57(51,52)54-42-41-48(3,4)5)56-47(50)40-38-36-34-32-30-28-25-23-21-19-17-15-13-11-9-7-2/h8,10,14,16,20,22,26-27,31,33,45H,6-7,9,11-13,15,17-19,21,23-25,28-30,32,34-44H2,1-5H3/p+1/b10-8-,16-14-,22-20-,27-26-,33-31-/t45-/m1/s1. The third-order valence-electron chi connectivity index (χ3n) is 9.31. The van der Waals surface area contributed by atoms with Crippen molar-refractivity contribution >= 4 is 19.8 Å². The molecule has 0 aliphatic rings. The molecule has 0 saturated heterocycles. The molecule has 1 unspecified atom stereocenters. The predicted molar refractivity (Wildman–Crippen MR) is 238 cm³/mol. The molecule has 9 nitrogen and oxygen atoms in total. The number of allylic oxidation sites excluding steroid dienone is 10. The van der Waals surface area contributed by atoms with Crippen LogP contribution in [0.4, 0.5) is 0 Å². The van der Waals surface area contributed by atoms with Gasteiger partial charge in [0, 0.05) is 12.8 Å². The van der Waals surface area contributed by atoms with E-state index in [9.17, 15) is 19.0 Å². The molecule has 0 aromatic rings. The van der Waals surface area contributed by atoms with E-state index >= 15 is 0 Å². The average molecular weight is 823 g/mol. The van der Waals surface area contributed by atoms with Gasteiger partial charge in [-0.2, -0.15) is 0 Å². The molecular weight excluding hydrogens is 737 g/mol. The molecule has 0 aliphatic carbocycles. The highest BCUT2D eigenvalue weighted by molar-refractivity contribution is 7.47. The van der Waals surface area contributed by atoms with Gasteiger partial charge in [-0.15, -0.1) is 0 Å². The first-order chi connectivity index (χ1) is 27.5. The Balaban J connectivity index is 4.43. The zero-order chi connectivity index (χ0) is 42.1. The minimum absolute atomic E-state index is 0.0217. The SMILES string of the molecule is CC/C=C\C/C=C\C/C=C\C/C=C\C/C=C\CCCC(=O)OC[C@H](COP(=O)(O)OCC[N+](C)(C)C)OC(=O)CCCCCCCCCCCCCCCCCC. The molecule has 0 radical (unpaired) electrons. The average Bonchev–Trinajstić information content (AvgIpc) is 3.16. The molecule has 0 heterocycles. The van der Waals surface area contributed by atoms with Crippen LogP contribution >= 0.6 is 7.82 Å². The van der Waals surface area contributed by atoms with E-state index in [1.165, 1.54) is 83.5 Å². The summed E-state index contributed by atoms with van der Waals surface area (Å²) in [6, 6.07) is 0. The molecule has 0 saturated carbocycles. The summed E-state index contributed by atoms with van der Waals surface area (Å²) in [6.45, 7) is 4.24. The van der Waals surface area contributed by atoms with E-state index < -0.39 is 32.5 Å². The number of likely N-dealkylation sites (N-methyl/N-ethyl adjacent to an activating group) is 1. The van der Waals surface area contributed by atoms with E-state index in [0.717, 1.165) is 51.4 Å². The van der Waals surface area contributed by atoms with Crippen molar-refractivity contribution in [2.45, 2.75) is 180 Å². The zero-order valence-electron chi connectivity index (χ0n) is 37.1. The van der Waals surface area contributed by atoms with Gasteiger partial charge in [-0.1, -0.05) is 171 Å². The van der Waals surface area contributed by atoms with Crippen molar-refractivity contribution in [1.29, 1.82) is 0 Å². The third kappa shape index (κ3) is 43.1. The van der Waals surface area contributed by atoms with Gasteiger partial charge >= 0.3 is 19.8 Å². The van der Waals surface area contributed by atoms with Crippen LogP contribution in [-0.2, 0) is 32.7 Å². The molecule has 0 spiro atoms. The first-order valence-corrected chi connectivity index (χ1v) is 24.0. The summed E-state index contributed by atoms with van der Waals surface area (Å²) in [6.07, 6.45) is 47.0. The number of carbonyl (C=O) groups excluding carboxylic acids is 2. The summed E-state index contributed by atoms with van der Waals surface area (Å²) in [5.74, 6) is -0.866. The second kappa shape index (κ2) is 39.2. The van der Waals surface area contributed by atoms with E-state index in [4.69, 9.17) is 18.5 Å². The Morgan fingerprint density at radius 3 is 1.47 bits per heavy atom. The number of ether oxygens (including phenoxy) is 2. The Bertz CT molecular complexity index is 1160. The molecule has 2 atom stereocenters. The van der Waals surface area contributed by atoms with Gasteiger partial charge in [-0.05, 0) is 51.4 Å². The molecule has 0 amide bonds. The van der Waals surface area contributed by atoms with E-state index in [1.54, 1.807) is 0 Å². The van der Waals surface area contributed by atoms with E-state index in [2.05, 4.69) is 74.6 Å². The van der Waals surface area contributed by atoms with Crippen molar-refractivity contribution in [3.63, 3.8) is 0 Å². The third-order valence-corrected chi connectivity index (χ3v) is 10.3. The quantitative estimate of drug-likeness (QED) is 0.0214. The highest BCUT2D eigenvalue weighted by Gasteiger charge is 2.27. The Morgan fingerprint density at radius 2 is 1.00 bits per heavy atom. The highest BCUT2D eigenvalue weighted by atomic mass is 31.2. The van der Waals surface area contributed by atoms with Gasteiger partial charge in [-0.25, -0.2) is 4.57 Å². The van der Waals surface area contributed by atoms with Gasteiger partial charge in [0.15, 0.2) is 6.10 Å². The van der Waals surface area contributed by atoms with Crippen molar-refractivity contribution < 1.29 is 42.1 Å². The van der Waals surface area contributed by atoms with Gasteiger partial charge < -0.3 is 18.9 Å². The molecule has 0 bridgehead atoms. The lowest BCUT2D eigenvalue weighted by Gasteiger charge is -2.24. The summed E-state index contributed by atoms with van der Waals surface area (Å²) in [5.41, 5.74) is 0. The van der Waals surface area contributed by atoms with Crippen molar-refractivity contribution in [2.75, 3.05) is 47.5 Å². The van der Waals surface area contributed by atoms with E-state index in [-0.39, 0.29) is 26.1 Å². The van der Waals surface area contributed by atoms with Crippen molar-refractivity contribution in [2.24, 2.45) is 0 Å². The van der Waals surface area contributed by atoms with Crippen LogP contribution in [0, 0.1) is 0 Å². The fourth-order valence-electron chi connectivity index (χ4n) is 5.81. The van der Waals surface area contributed by atoms with Crippen molar-refractivity contribution in [1.82, 2.24) is 0 Å². The summed E-state index contributed by atoms with van der Waals surface area (Å²) in [5, 5.41) is 0. The van der Waals surface area contributed by atoms with Crippen LogP contribution in [0.5, 0.6) is 0 Å². The first-order valence-electron chi connectivity index (χ1n) is 22.5. The van der Waals surface area contributed by atoms with Gasteiger partial charge in [0.1, 0.15) is 19.8 Å². The number of carbonyl (C=O) groups is 2. The maximum Gasteiger partial charge on any atom is 0.472 e. The highest BCUT2D eigenvalue weighted by Crippen LogP contribution is 2.43. The van der Waals surface area contributed by atoms with Crippen LogP contribution in [0.3, 0.4) is 0 Å². The molecule has 0 aliphatic heterocycles. The fourth-order valence-corrected chi connectivity index (χ4v) is 6.56. The Kier molecular flexibility index (Phi) is 37.6. The molecule has 330 valence electrons. The van der Waals surface area contributed by atoms with Crippen LogP contribution in [0.25, 0.3) is 0 Å². The Hall–Kier alpha value is -2.29. The summed E-state index contributed by atoms with van der Waals surface area (Å²) in [7, 11) is 1.44. The Labute approximate surface area is 349 Å². The number of unbranched alkanes of at least 4 members (excludes halogenated alkanes) is 16. The number of esters is 2. The fraction of sp³-hybridized carbons (Fsp3) is 0.745. The van der Waals surface area contributed by atoms with Crippen LogP contribution in [0.15, 0.2) is 60.8 Å². The lowest BCUT2D eigenvalue weighted by molar-refractivity contribution is -0.870. The molecular formula is C47H85NO8P+. The largest absolute Gasteiger partial charge is 0.472 e. The van der Waals surface area contributed by atoms with Crippen molar-refractivity contribution in [3.05, 3.63) is 60.8 Å².